The van der Waals surface area contributed by atoms with E-state index in [2.05, 4.69) is 20.8 Å². The number of unbranched alkanes of at least 4 members (excludes halogenated alkanes) is 7. The maximum atomic E-state index is 4.82. The van der Waals surface area contributed by atoms with Gasteiger partial charge >= 0.3 is 0 Å². The Hall–Kier alpha value is -0.330. The second-order valence-corrected chi connectivity index (χ2v) is 5.42. The second-order valence-electron chi connectivity index (χ2n) is 5.42. The van der Waals surface area contributed by atoms with Crippen molar-refractivity contribution >= 4 is 5.71 Å². The van der Waals surface area contributed by atoms with Crippen LogP contribution in [0.2, 0.25) is 0 Å². The summed E-state index contributed by atoms with van der Waals surface area (Å²) in [6, 6.07) is 0. The first-order valence-corrected chi connectivity index (χ1v) is 8.37. The fourth-order valence-electron chi connectivity index (χ4n) is 2.19. The molecule has 0 bridgehead atoms. The molecule has 0 saturated carbocycles. The summed E-state index contributed by atoms with van der Waals surface area (Å²) in [5.74, 6) is 0. The summed E-state index contributed by atoms with van der Waals surface area (Å²) in [7, 11) is 0. The first kappa shape index (κ1) is 17.7. The topological polar surface area (TPSA) is 12.4 Å². The summed E-state index contributed by atoms with van der Waals surface area (Å²) in [6.45, 7) is 7.87. The average Bonchev–Trinajstić information content (AvgIpc) is 2.38. The third-order valence-electron chi connectivity index (χ3n) is 3.48. The van der Waals surface area contributed by atoms with Crippen LogP contribution >= 0.6 is 0 Å². The Bertz CT molecular complexity index is 184. The van der Waals surface area contributed by atoms with Crippen LogP contribution in [0.25, 0.3) is 0 Å². The van der Waals surface area contributed by atoms with Crippen molar-refractivity contribution < 1.29 is 0 Å². The van der Waals surface area contributed by atoms with Gasteiger partial charge in [0.1, 0.15) is 0 Å². The van der Waals surface area contributed by atoms with Crippen LogP contribution in [0, 0.1) is 0 Å². The van der Waals surface area contributed by atoms with Crippen LogP contribution in [0.3, 0.4) is 0 Å². The zero-order chi connectivity index (χ0) is 13.5. The average molecular weight is 253 g/mol. The Kier molecular flexibility index (Phi) is 14.5. The van der Waals surface area contributed by atoms with Gasteiger partial charge in [-0.2, -0.15) is 0 Å². The molecule has 0 aliphatic rings. The van der Waals surface area contributed by atoms with E-state index in [4.69, 9.17) is 4.99 Å². The predicted molar refractivity (Wildman–Crippen MR) is 84.7 cm³/mol. The minimum atomic E-state index is 1.06. The lowest BCUT2D eigenvalue weighted by Crippen LogP contribution is -2.00. The minimum Gasteiger partial charge on any atom is -0.294 e. The van der Waals surface area contributed by atoms with Gasteiger partial charge in [0.05, 0.1) is 0 Å². The van der Waals surface area contributed by atoms with Gasteiger partial charge in [0.2, 0.25) is 0 Å². The van der Waals surface area contributed by atoms with Crippen LogP contribution < -0.4 is 0 Å². The van der Waals surface area contributed by atoms with Gasteiger partial charge in [-0.15, -0.1) is 0 Å². The zero-order valence-electron chi connectivity index (χ0n) is 13.1. The number of nitrogens with zero attached hydrogens (tertiary/aromatic N) is 1. The molecule has 0 aromatic heterocycles. The van der Waals surface area contributed by atoms with E-state index in [0.29, 0.717) is 0 Å². The van der Waals surface area contributed by atoms with Crippen molar-refractivity contribution in [1.29, 1.82) is 0 Å². The third-order valence-corrected chi connectivity index (χ3v) is 3.48. The number of hydrogen-bond donors (Lipinski definition) is 0. The molecule has 0 fully saturated rings. The maximum absolute atomic E-state index is 4.82. The Morgan fingerprint density at radius 1 is 0.611 bits per heavy atom. The highest BCUT2D eigenvalue weighted by atomic mass is 14.7. The first-order valence-electron chi connectivity index (χ1n) is 8.37. The first-order chi connectivity index (χ1) is 8.85. The quantitative estimate of drug-likeness (QED) is 0.275. The fraction of sp³-hybridized carbons (Fsp3) is 0.941. The summed E-state index contributed by atoms with van der Waals surface area (Å²) < 4.78 is 0. The summed E-state index contributed by atoms with van der Waals surface area (Å²) in [5.41, 5.74) is 1.51. The van der Waals surface area contributed by atoms with E-state index in [0.717, 1.165) is 6.54 Å². The Balaban J connectivity index is 3.77. The van der Waals surface area contributed by atoms with Gasteiger partial charge in [0.15, 0.2) is 0 Å². The SMILES string of the molecule is CCCCCCCC(CCCCC)=NCCCC. The van der Waals surface area contributed by atoms with Gasteiger partial charge in [0, 0.05) is 12.3 Å². The molecule has 0 saturated heterocycles. The molecule has 18 heavy (non-hydrogen) atoms. The molecule has 0 amide bonds. The van der Waals surface area contributed by atoms with Crippen LogP contribution in [0.5, 0.6) is 0 Å². The summed E-state index contributed by atoms with van der Waals surface area (Å²) in [5, 5.41) is 0. The van der Waals surface area contributed by atoms with Gasteiger partial charge in [-0.25, -0.2) is 0 Å². The highest BCUT2D eigenvalue weighted by Crippen LogP contribution is 2.10. The molecule has 0 aliphatic carbocycles. The molecule has 0 atom stereocenters. The summed E-state index contributed by atoms with van der Waals surface area (Å²) in [4.78, 5) is 4.82. The Morgan fingerprint density at radius 2 is 1.11 bits per heavy atom. The lowest BCUT2D eigenvalue weighted by Gasteiger charge is -2.07. The van der Waals surface area contributed by atoms with Crippen molar-refractivity contribution in [2.75, 3.05) is 6.54 Å². The van der Waals surface area contributed by atoms with Gasteiger partial charge in [0.25, 0.3) is 0 Å². The number of hydrogen-bond acceptors (Lipinski definition) is 1. The summed E-state index contributed by atoms with van der Waals surface area (Å²) in [6.07, 6.45) is 16.0. The molecule has 0 rings (SSSR count). The lowest BCUT2D eigenvalue weighted by molar-refractivity contribution is 0.637. The van der Waals surface area contributed by atoms with E-state index in [-0.39, 0.29) is 0 Å². The lowest BCUT2D eigenvalue weighted by atomic mass is 10.0. The smallest absolute Gasteiger partial charge is 0.0388 e. The molecular weight excluding hydrogens is 218 g/mol. The summed E-state index contributed by atoms with van der Waals surface area (Å²) >= 11 is 0. The van der Waals surface area contributed by atoms with Crippen molar-refractivity contribution in [2.45, 2.75) is 97.8 Å². The second kappa shape index (κ2) is 14.7. The van der Waals surface area contributed by atoms with Gasteiger partial charge in [-0.3, -0.25) is 4.99 Å². The monoisotopic (exact) mass is 253 g/mol. The normalized spacial score (nSPS) is 12.1. The molecule has 0 heterocycles. The minimum absolute atomic E-state index is 1.06. The van der Waals surface area contributed by atoms with E-state index in [1.165, 1.54) is 82.8 Å². The van der Waals surface area contributed by atoms with Crippen LogP contribution in [0.4, 0.5) is 0 Å². The van der Waals surface area contributed by atoms with Gasteiger partial charge in [-0.1, -0.05) is 65.7 Å². The van der Waals surface area contributed by atoms with E-state index in [1.807, 2.05) is 0 Å². The van der Waals surface area contributed by atoms with Crippen molar-refractivity contribution in [3.05, 3.63) is 0 Å². The van der Waals surface area contributed by atoms with E-state index in [9.17, 15) is 0 Å². The molecule has 0 spiro atoms. The Morgan fingerprint density at radius 3 is 1.72 bits per heavy atom. The largest absolute Gasteiger partial charge is 0.294 e. The third kappa shape index (κ3) is 12.1. The number of aliphatic imine (C=N–C) groups is 1. The zero-order valence-corrected chi connectivity index (χ0v) is 13.1. The molecule has 0 unspecified atom stereocenters. The van der Waals surface area contributed by atoms with Crippen LogP contribution in [-0.2, 0) is 0 Å². The number of rotatable bonds is 13. The maximum Gasteiger partial charge on any atom is 0.0388 e. The van der Waals surface area contributed by atoms with Gasteiger partial charge < -0.3 is 0 Å². The highest BCUT2D eigenvalue weighted by molar-refractivity contribution is 5.84. The molecule has 0 N–H and O–H groups in total. The molecule has 0 aromatic rings. The molecule has 1 heteroatoms. The molecule has 0 aromatic carbocycles. The van der Waals surface area contributed by atoms with Crippen molar-refractivity contribution in [3.8, 4) is 0 Å². The highest BCUT2D eigenvalue weighted by Gasteiger charge is 2.00. The van der Waals surface area contributed by atoms with E-state index >= 15 is 0 Å². The molecule has 0 radical (unpaired) electrons. The van der Waals surface area contributed by atoms with E-state index < -0.39 is 0 Å². The van der Waals surface area contributed by atoms with Gasteiger partial charge in [-0.05, 0) is 32.1 Å². The van der Waals surface area contributed by atoms with E-state index in [1.54, 1.807) is 0 Å². The van der Waals surface area contributed by atoms with Crippen molar-refractivity contribution in [2.24, 2.45) is 4.99 Å². The van der Waals surface area contributed by atoms with Crippen molar-refractivity contribution in [3.63, 3.8) is 0 Å². The van der Waals surface area contributed by atoms with Crippen LogP contribution in [0.1, 0.15) is 97.8 Å². The van der Waals surface area contributed by atoms with Crippen LogP contribution in [0.15, 0.2) is 4.99 Å². The predicted octanol–water partition coefficient (Wildman–Crippen LogP) is 6.17. The van der Waals surface area contributed by atoms with Crippen LogP contribution in [-0.4, -0.2) is 12.3 Å². The molecule has 0 aliphatic heterocycles. The molecular formula is C17H35N. The fourth-order valence-corrected chi connectivity index (χ4v) is 2.19. The standard InChI is InChI=1S/C17H35N/c1-4-7-10-11-13-15-17(14-12-8-5-2)18-16-9-6-3/h4-16H2,1-3H3. The van der Waals surface area contributed by atoms with Crippen molar-refractivity contribution in [1.82, 2.24) is 0 Å². The Labute approximate surface area is 115 Å². The molecule has 108 valence electrons. The molecule has 1 nitrogen and oxygen atoms in total.